The molecule has 3 aromatic rings. The summed E-state index contributed by atoms with van der Waals surface area (Å²) in [5.41, 5.74) is 3.76. The van der Waals surface area contributed by atoms with Crippen LogP contribution in [0.2, 0.25) is 0 Å². The third kappa shape index (κ3) is 3.86. The number of ketones is 4. The first-order chi connectivity index (χ1) is 13.4. The average molecular weight is 370 g/mol. The van der Waals surface area contributed by atoms with E-state index in [1.807, 2.05) is 42.5 Å². The van der Waals surface area contributed by atoms with Crippen LogP contribution in [0.1, 0.15) is 34.6 Å². The molecule has 0 saturated heterocycles. The van der Waals surface area contributed by atoms with Crippen LogP contribution < -0.4 is 0 Å². The molecule has 0 aliphatic heterocycles. The fourth-order valence-electron chi connectivity index (χ4n) is 2.99. The predicted molar refractivity (Wildman–Crippen MR) is 107 cm³/mol. The number of rotatable bonds is 6. The van der Waals surface area contributed by atoms with Crippen molar-refractivity contribution in [2.24, 2.45) is 0 Å². The second kappa shape index (κ2) is 7.92. The maximum Gasteiger partial charge on any atom is 0.228 e. The Bertz CT molecular complexity index is 1080. The van der Waals surface area contributed by atoms with Crippen molar-refractivity contribution in [3.05, 3.63) is 83.9 Å². The lowest BCUT2D eigenvalue weighted by atomic mass is 9.91. The summed E-state index contributed by atoms with van der Waals surface area (Å²) in [6.07, 6.45) is 0. The lowest BCUT2D eigenvalue weighted by Gasteiger charge is -2.12. The highest BCUT2D eigenvalue weighted by molar-refractivity contribution is 6.44. The van der Waals surface area contributed by atoms with Gasteiger partial charge < -0.3 is 0 Å². The van der Waals surface area contributed by atoms with Gasteiger partial charge in [0.15, 0.2) is 11.6 Å². The van der Waals surface area contributed by atoms with E-state index in [0.29, 0.717) is 16.7 Å². The third-order valence-electron chi connectivity index (χ3n) is 4.47. The van der Waals surface area contributed by atoms with Crippen molar-refractivity contribution >= 4 is 23.1 Å². The van der Waals surface area contributed by atoms with Gasteiger partial charge in [-0.3, -0.25) is 19.2 Å². The molecule has 4 heteroatoms. The molecule has 0 amide bonds. The highest BCUT2D eigenvalue weighted by Gasteiger charge is 2.18. The largest absolute Gasteiger partial charge is 0.291 e. The van der Waals surface area contributed by atoms with Gasteiger partial charge in [0, 0.05) is 25.0 Å². The van der Waals surface area contributed by atoms with Gasteiger partial charge in [-0.25, -0.2) is 0 Å². The van der Waals surface area contributed by atoms with Crippen molar-refractivity contribution in [2.45, 2.75) is 13.8 Å². The third-order valence-corrected chi connectivity index (χ3v) is 4.47. The van der Waals surface area contributed by atoms with Crippen molar-refractivity contribution in [1.29, 1.82) is 0 Å². The summed E-state index contributed by atoms with van der Waals surface area (Å²) in [7, 11) is 0. The average Bonchev–Trinajstić information content (AvgIpc) is 2.73. The van der Waals surface area contributed by atoms with Crippen molar-refractivity contribution in [1.82, 2.24) is 0 Å². The number of carbonyl (C=O) groups excluding carboxylic acids is 4. The number of hydrogen-bond acceptors (Lipinski definition) is 4. The zero-order valence-electron chi connectivity index (χ0n) is 15.6. The second-order valence-electron chi connectivity index (χ2n) is 6.47. The zero-order chi connectivity index (χ0) is 20.3. The van der Waals surface area contributed by atoms with Gasteiger partial charge >= 0.3 is 0 Å². The lowest BCUT2D eigenvalue weighted by Crippen LogP contribution is -2.11. The van der Waals surface area contributed by atoms with Gasteiger partial charge in [-0.1, -0.05) is 60.7 Å². The van der Waals surface area contributed by atoms with Crippen LogP contribution in [0.3, 0.4) is 0 Å². The molecule has 0 bridgehead atoms. The molecule has 0 unspecified atom stereocenters. The number of carbonyl (C=O) groups is 4. The Balaban J connectivity index is 2.13. The maximum atomic E-state index is 12.4. The van der Waals surface area contributed by atoms with Crippen LogP contribution in [0.15, 0.2) is 72.8 Å². The minimum absolute atomic E-state index is 0.287. The van der Waals surface area contributed by atoms with Crippen molar-refractivity contribution in [3.8, 4) is 22.3 Å². The highest BCUT2D eigenvalue weighted by atomic mass is 16.2. The molecular weight excluding hydrogens is 352 g/mol. The van der Waals surface area contributed by atoms with Gasteiger partial charge in [0.25, 0.3) is 0 Å². The van der Waals surface area contributed by atoms with E-state index in [4.69, 9.17) is 0 Å². The van der Waals surface area contributed by atoms with Crippen LogP contribution in [0.5, 0.6) is 0 Å². The second-order valence-corrected chi connectivity index (χ2v) is 6.47. The van der Waals surface area contributed by atoms with Crippen LogP contribution in [0, 0.1) is 0 Å². The molecule has 0 aromatic heterocycles. The molecule has 0 aliphatic rings. The monoisotopic (exact) mass is 370 g/mol. The van der Waals surface area contributed by atoms with E-state index in [1.165, 1.54) is 13.8 Å². The fourth-order valence-corrected chi connectivity index (χ4v) is 2.99. The quantitative estimate of drug-likeness (QED) is 0.471. The van der Waals surface area contributed by atoms with Gasteiger partial charge in [-0.2, -0.15) is 0 Å². The van der Waals surface area contributed by atoms with Gasteiger partial charge in [0.2, 0.25) is 11.6 Å². The molecule has 0 N–H and O–H groups in total. The molecule has 0 radical (unpaired) electrons. The SMILES string of the molecule is CC(=O)C(=O)c1ccc(-c2cc(-c3ccccc3)ccc2C(=O)C(C)=O)cc1. The summed E-state index contributed by atoms with van der Waals surface area (Å²) in [6.45, 7) is 2.47. The normalized spacial score (nSPS) is 10.4. The Hall–Kier alpha value is -3.66. The van der Waals surface area contributed by atoms with E-state index < -0.39 is 23.1 Å². The number of Topliss-reactive ketones (excluding diaryl/α,β-unsaturated/α-hetero) is 4. The Labute approximate surface area is 162 Å². The molecule has 0 aliphatic carbocycles. The van der Waals surface area contributed by atoms with E-state index in [-0.39, 0.29) is 5.56 Å². The van der Waals surface area contributed by atoms with Crippen LogP contribution in [0.4, 0.5) is 0 Å². The first-order valence-electron chi connectivity index (χ1n) is 8.79. The first kappa shape index (κ1) is 19.1. The van der Waals surface area contributed by atoms with Gasteiger partial charge in [0.05, 0.1) is 0 Å². The molecule has 0 fully saturated rings. The minimum atomic E-state index is -0.571. The Morgan fingerprint density at radius 2 is 1.14 bits per heavy atom. The number of hydrogen-bond donors (Lipinski definition) is 0. The minimum Gasteiger partial charge on any atom is -0.291 e. The van der Waals surface area contributed by atoms with Crippen molar-refractivity contribution < 1.29 is 19.2 Å². The van der Waals surface area contributed by atoms with Gasteiger partial charge in [0.1, 0.15) is 0 Å². The maximum absolute atomic E-state index is 12.4. The van der Waals surface area contributed by atoms with E-state index in [9.17, 15) is 19.2 Å². The molecule has 3 aromatic carbocycles. The zero-order valence-corrected chi connectivity index (χ0v) is 15.6. The summed E-state index contributed by atoms with van der Waals surface area (Å²) in [5, 5.41) is 0. The molecule has 0 atom stereocenters. The van der Waals surface area contributed by atoms with E-state index in [1.54, 1.807) is 30.3 Å². The molecule has 28 heavy (non-hydrogen) atoms. The first-order valence-corrected chi connectivity index (χ1v) is 8.79. The van der Waals surface area contributed by atoms with E-state index in [2.05, 4.69) is 0 Å². The van der Waals surface area contributed by atoms with E-state index in [0.717, 1.165) is 11.1 Å². The topological polar surface area (TPSA) is 68.3 Å². The molecule has 4 nitrogen and oxygen atoms in total. The van der Waals surface area contributed by atoms with Gasteiger partial charge in [-0.05, 0) is 34.4 Å². The molecule has 0 spiro atoms. The number of benzene rings is 3. The van der Waals surface area contributed by atoms with Crippen LogP contribution >= 0.6 is 0 Å². The van der Waals surface area contributed by atoms with Crippen LogP contribution in [0.25, 0.3) is 22.3 Å². The van der Waals surface area contributed by atoms with Crippen molar-refractivity contribution in [3.63, 3.8) is 0 Å². The van der Waals surface area contributed by atoms with Crippen LogP contribution in [-0.2, 0) is 9.59 Å². The fraction of sp³-hybridized carbons (Fsp3) is 0.0833. The van der Waals surface area contributed by atoms with Crippen molar-refractivity contribution in [2.75, 3.05) is 0 Å². The summed E-state index contributed by atoms with van der Waals surface area (Å²) in [6, 6.07) is 21.5. The molecule has 0 heterocycles. The molecule has 0 saturated carbocycles. The standard InChI is InChI=1S/C24H18O4/c1-15(25)23(27)19-10-8-18(9-11-19)22-14-20(17-6-4-3-5-7-17)12-13-21(22)24(28)16(2)26/h3-14H,1-2H3. The summed E-state index contributed by atoms with van der Waals surface area (Å²) in [5.74, 6) is -2.22. The summed E-state index contributed by atoms with van der Waals surface area (Å²) < 4.78 is 0. The highest BCUT2D eigenvalue weighted by Crippen LogP contribution is 2.30. The van der Waals surface area contributed by atoms with Crippen LogP contribution in [-0.4, -0.2) is 23.1 Å². The van der Waals surface area contributed by atoms with E-state index >= 15 is 0 Å². The Kier molecular flexibility index (Phi) is 5.41. The van der Waals surface area contributed by atoms with Gasteiger partial charge in [-0.15, -0.1) is 0 Å². The Morgan fingerprint density at radius 1 is 0.571 bits per heavy atom. The smallest absolute Gasteiger partial charge is 0.228 e. The summed E-state index contributed by atoms with van der Waals surface area (Å²) in [4.78, 5) is 47.2. The molecular formula is C24H18O4. The molecule has 3 rings (SSSR count). The molecule has 138 valence electrons. The predicted octanol–water partition coefficient (Wildman–Crippen LogP) is 4.56. The lowest BCUT2D eigenvalue weighted by molar-refractivity contribution is -0.113. The summed E-state index contributed by atoms with van der Waals surface area (Å²) >= 11 is 0. The Morgan fingerprint density at radius 3 is 1.71 bits per heavy atom.